The van der Waals surface area contributed by atoms with Gasteiger partial charge in [0.05, 0.1) is 5.70 Å². The molecule has 0 radical (unpaired) electrons. The van der Waals surface area contributed by atoms with E-state index in [1.807, 2.05) is 13.8 Å². The number of para-hydroxylation sites is 1. The van der Waals surface area contributed by atoms with Gasteiger partial charge < -0.3 is 14.7 Å². The molecule has 0 aliphatic carbocycles. The third kappa shape index (κ3) is 3.41. The number of rotatable bonds is 4. The standard InChI is InChI=1S/C17H20N2O4/c1-10-12(3)19(16(13(4)20)11(2)18-10)9-23-17(22)14-7-5-6-8-15(14)21/h5-8,16,21H,9H2,1-4H3. The van der Waals surface area contributed by atoms with Crippen LogP contribution in [-0.2, 0) is 9.53 Å². The highest BCUT2D eigenvalue weighted by atomic mass is 16.5. The van der Waals surface area contributed by atoms with Gasteiger partial charge in [-0.25, -0.2) is 4.79 Å². The van der Waals surface area contributed by atoms with E-state index in [0.717, 1.165) is 11.4 Å². The molecule has 1 unspecified atom stereocenters. The molecule has 0 saturated heterocycles. The van der Waals surface area contributed by atoms with E-state index in [1.165, 1.54) is 19.1 Å². The Morgan fingerprint density at radius 2 is 1.91 bits per heavy atom. The van der Waals surface area contributed by atoms with E-state index in [-0.39, 0.29) is 23.8 Å². The fourth-order valence-corrected chi connectivity index (χ4v) is 2.57. The molecule has 1 aromatic carbocycles. The Morgan fingerprint density at radius 1 is 1.26 bits per heavy atom. The molecule has 2 rings (SSSR count). The lowest BCUT2D eigenvalue weighted by atomic mass is 10.0. The van der Waals surface area contributed by atoms with Crippen LogP contribution in [0.3, 0.4) is 0 Å². The number of phenolic OH excluding ortho intramolecular Hbond substituents is 1. The van der Waals surface area contributed by atoms with Crippen molar-refractivity contribution >= 4 is 17.5 Å². The van der Waals surface area contributed by atoms with E-state index in [0.29, 0.717) is 5.71 Å². The Balaban J connectivity index is 2.18. The van der Waals surface area contributed by atoms with Crippen molar-refractivity contribution < 1.29 is 19.4 Å². The second-order valence-corrected chi connectivity index (χ2v) is 5.49. The molecule has 0 saturated carbocycles. The number of hydrogen-bond donors (Lipinski definition) is 1. The van der Waals surface area contributed by atoms with Crippen LogP contribution in [-0.4, -0.2) is 40.2 Å². The van der Waals surface area contributed by atoms with Gasteiger partial charge in [0.2, 0.25) is 0 Å². The summed E-state index contributed by atoms with van der Waals surface area (Å²) in [6, 6.07) is 5.62. The number of aromatic hydroxyl groups is 1. The number of carbonyl (C=O) groups is 2. The third-order valence-corrected chi connectivity index (χ3v) is 3.85. The maximum Gasteiger partial charge on any atom is 0.343 e. The van der Waals surface area contributed by atoms with Crippen LogP contribution in [0.25, 0.3) is 0 Å². The minimum absolute atomic E-state index is 0.0725. The highest BCUT2D eigenvalue weighted by molar-refractivity contribution is 6.08. The quantitative estimate of drug-likeness (QED) is 0.863. The van der Waals surface area contributed by atoms with Crippen LogP contribution in [0.2, 0.25) is 0 Å². The van der Waals surface area contributed by atoms with Crippen molar-refractivity contribution in [3.05, 3.63) is 41.2 Å². The van der Waals surface area contributed by atoms with Crippen molar-refractivity contribution in [3.8, 4) is 5.75 Å². The molecule has 1 aliphatic heterocycles. The summed E-state index contributed by atoms with van der Waals surface area (Å²) in [5.41, 5.74) is 2.31. The monoisotopic (exact) mass is 316 g/mol. The molecular weight excluding hydrogens is 296 g/mol. The number of nitrogens with zero attached hydrogens (tertiary/aromatic N) is 2. The zero-order chi connectivity index (χ0) is 17.1. The molecule has 0 fully saturated rings. The minimum atomic E-state index is -0.643. The normalized spacial score (nSPS) is 17.8. The molecule has 1 atom stereocenters. The summed E-state index contributed by atoms with van der Waals surface area (Å²) in [6.07, 6.45) is 0. The molecule has 1 aliphatic rings. The minimum Gasteiger partial charge on any atom is -0.507 e. The second-order valence-electron chi connectivity index (χ2n) is 5.49. The summed E-state index contributed by atoms with van der Waals surface area (Å²) >= 11 is 0. The zero-order valence-corrected chi connectivity index (χ0v) is 13.7. The largest absolute Gasteiger partial charge is 0.507 e. The Bertz CT molecular complexity index is 706. The van der Waals surface area contributed by atoms with E-state index in [9.17, 15) is 14.7 Å². The third-order valence-electron chi connectivity index (χ3n) is 3.85. The first-order valence-electron chi connectivity index (χ1n) is 7.27. The van der Waals surface area contributed by atoms with Gasteiger partial charge in [-0.15, -0.1) is 0 Å². The summed E-state index contributed by atoms with van der Waals surface area (Å²) in [7, 11) is 0. The molecule has 0 spiro atoms. The summed E-state index contributed by atoms with van der Waals surface area (Å²) in [6.45, 7) is 6.84. The average molecular weight is 316 g/mol. The number of benzene rings is 1. The maximum absolute atomic E-state index is 12.1. The lowest BCUT2D eigenvalue weighted by molar-refractivity contribution is -0.120. The first kappa shape index (κ1) is 16.7. The summed E-state index contributed by atoms with van der Waals surface area (Å²) in [5.74, 6) is -0.854. The van der Waals surface area contributed by atoms with Crippen LogP contribution in [0.1, 0.15) is 38.1 Å². The molecule has 0 bridgehead atoms. The SMILES string of the molecule is CC(=O)C1C(C)=NC(C)=C(C)N1COC(=O)c1ccccc1O. The van der Waals surface area contributed by atoms with Crippen LogP contribution < -0.4 is 0 Å². The topological polar surface area (TPSA) is 79.2 Å². The van der Waals surface area contributed by atoms with Gasteiger partial charge in [-0.1, -0.05) is 12.1 Å². The van der Waals surface area contributed by atoms with Gasteiger partial charge in [0, 0.05) is 11.4 Å². The lowest BCUT2D eigenvalue weighted by Crippen LogP contribution is -2.47. The Hall–Kier alpha value is -2.63. The number of hydrogen-bond acceptors (Lipinski definition) is 6. The smallest absolute Gasteiger partial charge is 0.343 e. The highest BCUT2D eigenvalue weighted by Crippen LogP contribution is 2.23. The maximum atomic E-state index is 12.1. The first-order chi connectivity index (χ1) is 10.8. The highest BCUT2D eigenvalue weighted by Gasteiger charge is 2.31. The summed E-state index contributed by atoms with van der Waals surface area (Å²) in [5, 5.41) is 9.70. The van der Waals surface area contributed by atoms with Gasteiger partial charge in [0.25, 0.3) is 0 Å². The van der Waals surface area contributed by atoms with Crippen molar-refractivity contribution in [3.63, 3.8) is 0 Å². The number of Topliss-reactive ketones (excluding diaryl/α,β-unsaturated/α-hetero) is 1. The van der Waals surface area contributed by atoms with Crippen molar-refractivity contribution in [2.45, 2.75) is 33.7 Å². The summed E-state index contributed by atoms with van der Waals surface area (Å²) in [4.78, 5) is 30.1. The van der Waals surface area contributed by atoms with Crippen LogP contribution in [0.4, 0.5) is 0 Å². The Labute approximate surface area is 135 Å². The number of aliphatic imine (C=N–C) groups is 1. The number of ether oxygens (including phenoxy) is 1. The van der Waals surface area contributed by atoms with E-state index >= 15 is 0 Å². The molecule has 0 amide bonds. The van der Waals surface area contributed by atoms with Crippen LogP contribution in [0.15, 0.2) is 40.7 Å². The fourth-order valence-electron chi connectivity index (χ4n) is 2.57. The molecule has 1 aromatic rings. The van der Waals surface area contributed by atoms with Crippen molar-refractivity contribution in [1.29, 1.82) is 0 Å². The lowest BCUT2D eigenvalue weighted by Gasteiger charge is -2.35. The van der Waals surface area contributed by atoms with Gasteiger partial charge in [-0.2, -0.15) is 0 Å². The Morgan fingerprint density at radius 3 is 2.52 bits per heavy atom. The number of carbonyl (C=O) groups excluding carboxylic acids is 2. The van der Waals surface area contributed by atoms with Gasteiger partial charge in [-0.3, -0.25) is 9.79 Å². The molecule has 1 N–H and O–H groups in total. The molecule has 23 heavy (non-hydrogen) atoms. The van der Waals surface area contributed by atoms with Crippen LogP contribution in [0, 0.1) is 0 Å². The van der Waals surface area contributed by atoms with E-state index < -0.39 is 12.0 Å². The molecule has 6 heteroatoms. The Kier molecular flexibility index (Phi) is 4.83. The zero-order valence-electron chi connectivity index (χ0n) is 13.7. The van der Waals surface area contributed by atoms with Gasteiger partial charge in [0.1, 0.15) is 17.4 Å². The van der Waals surface area contributed by atoms with Crippen molar-refractivity contribution in [1.82, 2.24) is 4.90 Å². The van der Waals surface area contributed by atoms with E-state index in [2.05, 4.69) is 4.99 Å². The van der Waals surface area contributed by atoms with Gasteiger partial charge in [-0.05, 0) is 39.8 Å². The van der Waals surface area contributed by atoms with Crippen molar-refractivity contribution in [2.24, 2.45) is 4.99 Å². The van der Waals surface area contributed by atoms with Crippen LogP contribution in [0.5, 0.6) is 5.75 Å². The predicted molar refractivity (Wildman–Crippen MR) is 86.2 cm³/mol. The molecule has 122 valence electrons. The number of allylic oxidation sites excluding steroid dienone is 2. The average Bonchev–Trinajstić information content (AvgIpc) is 2.49. The number of ketones is 1. The predicted octanol–water partition coefficient (Wildman–Crippen LogP) is 2.49. The van der Waals surface area contributed by atoms with Crippen LogP contribution >= 0.6 is 0 Å². The second kappa shape index (κ2) is 6.64. The molecule has 0 aromatic heterocycles. The van der Waals surface area contributed by atoms with Crippen molar-refractivity contribution in [2.75, 3.05) is 6.73 Å². The van der Waals surface area contributed by atoms with Gasteiger partial charge in [0.15, 0.2) is 12.5 Å². The first-order valence-corrected chi connectivity index (χ1v) is 7.27. The van der Waals surface area contributed by atoms with Gasteiger partial charge >= 0.3 is 5.97 Å². The summed E-state index contributed by atoms with van der Waals surface area (Å²) < 4.78 is 5.28. The van der Waals surface area contributed by atoms with E-state index in [4.69, 9.17) is 4.74 Å². The fraction of sp³-hybridized carbons (Fsp3) is 0.353. The van der Waals surface area contributed by atoms with E-state index in [1.54, 1.807) is 24.0 Å². The molecule has 1 heterocycles. The number of esters is 1. The molecule has 6 nitrogen and oxygen atoms in total. The number of phenols is 1. The molecular formula is C17H20N2O4.